The smallest absolute Gasteiger partial charge is 0.243 e. The van der Waals surface area contributed by atoms with Crippen LogP contribution in [0, 0.1) is 5.92 Å². The molecule has 0 saturated heterocycles. The molecule has 1 saturated carbocycles. The molecule has 46 heavy (non-hydrogen) atoms. The summed E-state index contributed by atoms with van der Waals surface area (Å²) in [7, 11) is 2.17. The van der Waals surface area contributed by atoms with Gasteiger partial charge in [0.1, 0.15) is 18.4 Å². The number of aromatic nitrogens is 2. The Labute approximate surface area is 293 Å². The first-order valence-electron chi connectivity index (χ1n) is 20.4. The molecule has 2 nitrogen and oxygen atoms in total. The Bertz CT molecular complexity index is 924. The molecule has 0 N–H and O–H groups in total. The van der Waals surface area contributed by atoms with Gasteiger partial charge >= 0.3 is 0 Å². The van der Waals surface area contributed by atoms with Gasteiger partial charge in [-0.1, -0.05) is 204 Å². The van der Waals surface area contributed by atoms with Gasteiger partial charge in [-0.15, -0.1) is 0 Å². The van der Waals surface area contributed by atoms with Gasteiger partial charge in [-0.25, -0.2) is 9.13 Å². The first-order valence-corrected chi connectivity index (χ1v) is 20.4. The zero-order valence-electron chi connectivity index (χ0n) is 30.6. The largest absolute Gasteiger partial charge is 1.00 e. The van der Waals surface area contributed by atoms with E-state index in [1.54, 1.807) is 5.56 Å². The van der Waals surface area contributed by atoms with E-state index in [4.69, 9.17) is 0 Å². The molecule has 3 rings (SSSR count). The predicted octanol–water partition coefficient (Wildman–Crippen LogP) is 10.6. The van der Waals surface area contributed by atoms with Crippen molar-refractivity contribution in [3.05, 3.63) is 54.6 Å². The van der Waals surface area contributed by atoms with Gasteiger partial charge in [-0.05, 0) is 30.7 Å². The summed E-state index contributed by atoms with van der Waals surface area (Å²) in [5, 5.41) is 0. The van der Waals surface area contributed by atoms with Crippen molar-refractivity contribution in [2.75, 3.05) is 0 Å². The number of unbranched alkanes of at least 4 members (excludes halogenated alkanes) is 15. The molecule has 2 aromatic rings. The van der Waals surface area contributed by atoms with Crippen molar-refractivity contribution >= 4 is 0 Å². The second kappa shape index (κ2) is 27.6. The first kappa shape index (κ1) is 40.9. The second-order valence-corrected chi connectivity index (χ2v) is 15.1. The van der Waals surface area contributed by atoms with E-state index in [1.807, 2.05) is 0 Å². The van der Waals surface area contributed by atoms with Gasteiger partial charge in [0.2, 0.25) is 6.33 Å². The number of halogens is 1. The van der Waals surface area contributed by atoms with Crippen molar-refractivity contribution in [3.63, 3.8) is 0 Å². The molecule has 1 aromatic heterocycles. The van der Waals surface area contributed by atoms with E-state index in [0.29, 0.717) is 12.0 Å². The summed E-state index contributed by atoms with van der Waals surface area (Å²) in [5.74, 6) is 1.58. The van der Waals surface area contributed by atoms with Gasteiger partial charge in [-0.3, -0.25) is 0 Å². The van der Waals surface area contributed by atoms with Gasteiger partial charge in [0.25, 0.3) is 0 Å². The monoisotopic (exact) mass is 655 g/mol. The third-order valence-electron chi connectivity index (χ3n) is 11.1. The maximum absolute atomic E-state index is 2.55. The van der Waals surface area contributed by atoms with E-state index in [0.717, 1.165) is 5.92 Å². The molecule has 264 valence electrons. The average Bonchev–Trinajstić information content (AvgIpc) is 3.49. The molecule has 0 amide bonds. The van der Waals surface area contributed by atoms with Crippen LogP contribution < -0.4 is 17.0 Å². The number of imidazole rings is 1. The zero-order valence-corrected chi connectivity index (χ0v) is 31.4. The Balaban J connectivity index is 0.00000736. The molecule has 3 unspecified atom stereocenters. The standard InChI is InChI=1S/C43H75N2.ClH/c1-3-4-5-6-7-8-9-10-11-12-13-14-15-16-19-23-30-40-31-24-20-17-18-21-27-35-42(41-33-25-22-26-34-41)43(36-29-28-32-40)45-38-37-44(2)39-45;/h22,25-26,33-34,37-40,42-43H,3-21,23-24,27-32,35-36H2,1-2H3;1H/q+1;/p-1. The third kappa shape index (κ3) is 18.3. The molecule has 0 bridgehead atoms. The maximum Gasteiger partial charge on any atom is 0.243 e. The molecule has 1 heterocycles. The van der Waals surface area contributed by atoms with Crippen molar-refractivity contribution in [1.29, 1.82) is 0 Å². The Morgan fingerprint density at radius 1 is 0.587 bits per heavy atom. The highest BCUT2D eigenvalue weighted by molar-refractivity contribution is 5.20. The van der Waals surface area contributed by atoms with Crippen molar-refractivity contribution < 1.29 is 17.0 Å². The van der Waals surface area contributed by atoms with Crippen LogP contribution in [-0.2, 0) is 7.05 Å². The fourth-order valence-corrected chi connectivity index (χ4v) is 8.21. The lowest BCUT2D eigenvalue weighted by Crippen LogP contribution is -3.00. The summed E-state index contributed by atoms with van der Waals surface area (Å²) in [5.41, 5.74) is 1.55. The van der Waals surface area contributed by atoms with Gasteiger partial charge in [0.15, 0.2) is 0 Å². The molecular formula is C43H75ClN2. The van der Waals surface area contributed by atoms with Crippen LogP contribution in [0.25, 0.3) is 0 Å². The maximum atomic E-state index is 2.55. The zero-order chi connectivity index (χ0) is 31.6. The highest BCUT2D eigenvalue weighted by Crippen LogP contribution is 2.35. The third-order valence-corrected chi connectivity index (χ3v) is 11.1. The number of benzene rings is 1. The summed E-state index contributed by atoms with van der Waals surface area (Å²) in [6.45, 7) is 2.31. The molecule has 1 aliphatic carbocycles. The minimum Gasteiger partial charge on any atom is -1.00 e. The second-order valence-electron chi connectivity index (χ2n) is 15.1. The van der Waals surface area contributed by atoms with E-state index in [1.165, 1.54) is 186 Å². The summed E-state index contributed by atoms with van der Waals surface area (Å²) in [6.07, 6.45) is 48.7. The quantitative estimate of drug-likeness (QED) is 0.105. The molecule has 1 aromatic carbocycles. The summed E-state index contributed by atoms with van der Waals surface area (Å²) < 4.78 is 4.77. The van der Waals surface area contributed by atoms with Crippen molar-refractivity contribution in [2.45, 2.75) is 205 Å². The van der Waals surface area contributed by atoms with Crippen molar-refractivity contribution in [3.8, 4) is 0 Å². The predicted molar refractivity (Wildman–Crippen MR) is 197 cm³/mol. The first-order chi connectivity index (χ1) is 22.3. The van der Waals surface area contributed by atoms with Crippen LogP contribution in [0.3, 0.4) is 0 Å². The highest BCUT2D eigenvalue weighted by Gasteiger charge is 2.28. The normalized spacial score (nSPS) is 20.4. The highest BCUT2D eigenvalue weighted by atomic mass is 35.5. The Morgan fingerprint density at radius 3 is 1.61 bits per heavy atom. The molecule has 3 heteroatoms. The number of nitrogens with zero attached hydrogens (tertiary/aromatic N) is 2. The Morgan fingerprint density at radius 2 is 1.07 bits per heavy atom. The van der Waals surface area contributed by atoms with E-state index < -0.39 is 0 Å². The fraction of sp³-hybridized carbons (Fsp3) is 0.791. The average molecular weight is 656 g/mol. The molecule has 0 radical (unpaired) electrons. The number of rotatable bonds is 19. The van der Waals surface area contributed by atoms with E-state index in [9.17, 15) is 0 Å². The number of aryl methyl sites for hydroxylation is 1. The minimum atomic E-state index is 0. The molecule has 3 atom stereocenters. The van der Waals surface area contributed by atoms with Crippen LogP contribution >= 0.6 is 0 Å². The van der Waals surface area contributed by atoms with Gasteiger partial charge < -0.3 is 12.4 Å². The minimum absolute atomic E-state index is 0. The summed E-state index contributed by atoms with van der Waals surface area (Å²) in [4.78, 5) is 0. The van der Waals surface area contributed by atoms with Crippen LogP contribution in [0.5, 0.6) is 0 Å². The lowest BCUT2D eigenvalue weighted by atomic mass is 9.83. The molecule has 0 aliphatic heterocycles. The van der Waals surface area contributed by atoms with Gasteiger partial charge in [-0.2, -0.15) is 0 Å². The van der Waals surface area contributed by atoms with Crippen LogP contribution in [-0.4, -0.2) is 4.57 Å². The molecular weight excluding hydrogens is 580 g/mol. The van der Waals surface area contributed by atoms with Crippen LogP contribution in [0.4, 0.5) is 0 Å². The topological polar surface area (TPSA) is 8.81 Å². The van der Waals surface area contributed by atoms with Gasteiger partial charge in [0.05, 0.1) is 7.05 Å². The Kier molecular flexibility index (Phi) is 24.6. The lowest BCUT2D eigenvalue weighted by Gasteiger charge is -2.26. The van der Waals surface area contributed by atoms with Crippen LogP contribution in [0.2, 0.25) is 0 Å². The van der Waals surface area contributed by atoms with E-state index >= 15 is 0 Å². The molecule has 1 fully saturated rings. The number of hydrogen-bond donors (Lipinski definition) is 0. The Hall–Kier alpha value is -1.28. The summed E-state index contributed by atoms with van der Waals surface area (Å²) in [6, 6.07) is 12.0. The molecule has 1 aliphatic rings. The van der Waals surface area contributed by atoms with Gasteiger partial charge in [0, 0.05) is 5.92 Å². The van der Waals surface area contributed by atoms with Crippen LogP contribution in [0.1, 0.15) is 211 Å². The van der Waals surface area contributed by atoms with E-state index in [-0.39, 0.29) is 12.4 Å². The van der Waals surface area contributed by atoms with Crippen LogP contribution in [0.15, 0.2) is 49.1 Å². The fourth-order valence-electron chi connectivity index (χ4n) is 8.21. The van der Waals surface area contributed by atoms with Crippen molar-refractivity contribution in [2.24, 2.45) is 13.0 Å². The number of hydrogen-bond acceptors (Lipinski definition) is 0. The summed E-state index contributed by atoms with van der Waals surface area (Å²) >= 11 is 0. The lowest BCUT2D eigenvalue weighted by molar-refractivity contribution is -0.726. The molecule has 0 spiro atoms. The SMILES string of the molecule is CCCCCCCCCCCCCCCCCCC1CCCCCCCCC(c2ccccc2)C([n+]2ccn(C)c2)CCCC1.[Cl-]. The van der Waals surface area contributed by atoms with Crippen molar-refractivity contribution in [1.82, 2.24) is 4.57 Å². The van der Waals surface area contributed by atoms with E-state index in [2.05, 4.69) is 72.2 Å².